The molecule has 2 aromatic carbocycles. The molecule has 0 saturated carbocycles. The van der Waals surface area contributed by atoms with Crippen LogP contribution in [0.15, 0.2) is 71.1 Å². The first kappa shape index (κ1) is 22.2. The molecule has 0 bridgehead atoms. The van der Waals surface area contributed by atoms with Crippen LogP contribution in [-0.2, 0) is 0 Å². The summed E-state index contributed by atoms with van der Waals surface area (Å²) in [6.07, 6.45) is -0.682. The Balaban J connectivity index is 0.00000261. The Hall–Kier alpha value is -1.09. The SMILES string of the molecule is C[Si](C)(C)C1=C(c2ccccc2)C(c2ccccc2)=C([Si](C)(C)C)C1[O-].[Li+]. The van der Waals surface area contributed by atoms with Crippen LogP contribution in [0.4, 0.5) is 0 Å². The molecule has 0 N–H and O–H groups in total. The van der Waals surface area contributed by atoms with Crippen molar-refractivity contribution in [3.63, 3.8) is 0 Å². The van der Waals surface area contributed by atoms with E-state index in [4.69, 9.17) is 0 Å². The first-order valence-electron chi connectivity index (χ1n) is 9.38. The van der Waals surface area contributed by atoms with Crippen molar-refractivity contribution in [3.05, 3.63) is 82.2 Å². The van der Waals surface area contributed by atoms with E-state index in [1.54, 1.807) is 0 Å². The Morgan fingerprint density at radius 1 is 0.593 bits per heavy atom. The van der Waals surface area contributed by atoms with E-state index in [9.17, 15) is 5.11 Å². The predicted molar refractivity (Wildman–Crippen MR) is 117 cm³/mol. The molecule has 3 rings (SSSR count). The smallest absolute Gasteiger partial charge is 0.846 e. The van der Waals surface area contributed by atoms with Crippen molar-refractivity contribution < 1.29 is 24.0 Å². The summed E-state index contributed by atoms with van der Waals surface area (Å²) in [5.74, 6) is 0. The minimum Gasteiger partial charge on any atom is -0.846 e. The van der Waals surface area contributed by atoms with E-state index < -0.39 is 22.3 Å². The number of allylic oxidation sites excluding steroid dienone is 2. The Labute approximate surface area is 178 Å². The maximum atomic E-state index is 13.8. The van der Waals surface area contributed by atoms with Gasteiger partial charge >= 0.3 is 18.9 Å². The van der Waals surface area contributed by atoms with E-state index in [0.717, 1.165) is 0 Å². The van der Waals surface area contributed by atoms with Gasteiger partial charge in [0.05, 0.1) is 16.1 Å². The van der Waals surface area contributed by atoms with Gasteiger partial charge in [-0.25, -0.2) is 0 Å². The van der Waals surface area contributed by atoms with Crippen molar-refractivity contribution in [2.24, 2.45) is 0 Å². The van der Waals surface area contributed by atoms with E-state index in [0.29, 0.717) is 0 Å². The summed E-state index contributed by atoms with van der Waals surface area (Å²) in [7, 11) is -3.56. The van der Waals surface area contributed by atoms with Crippen LogP contribution in [0, 0.1) is 0 Å². The van der Waals surface area contributed by atoms with Gasteiger partial charge in [-0.15, -0.1) is 0 Å². The fraction of sp³-hybridized carbons (Fsp3) is 0.304. The van der Waals surface area contributed by atoms with Crippen LogP contribution in [0.1, 0.15) is 11.1 Å². The molecule has 0 atom stereocenters. The number of benzene rings is 2. The Kier molecular flexibility index (Phi) is 6.67. The predicted octanol–water partition coefficient (Wildman–Crippen LogP) is 2.40. The average Bonchev–Trinajstić information content (AvgIpc) is 2.90. The van der Waals surface area contributed by atoms with E-state index in [1.165, 1.54) is 32.7 Å². The molecule has 0 amide bonds. The van der Waals surface area contributed by atoms with Gasteiger partial charge in [0.25, 0.3) is 0 Å². The van der Waals surface area contributed by atoms with Crippen molar-refractivity contribution in [1.82, 2.24) is 0 Å². The summed E-state index contributed by atoms with van der Waals surface area (Å²) in [6, 6.07) is 21.1. The van der Waals surface area contributed by atoms with Gasteiger partial charge in [0.1, 0.15) is 0 Å². The first-order chi connectivity index (χ1) is 12.1. The number of rotatable bonds is 4. The van der Waals surface area contributed by atoms with Crippen LogP contribution in [0.5, 0.6) is 0 Å². The second-order valence-corrected chi connectivity index (χ2v) is 19.3. The summed E-state index contributed by atoms with van der Waals surface area (Å²) < 4.78 is 0. The van der Waals surface area contributed by atoms with Gasteiger partial charge < -0.3 is 5.11 Å². The summed E-state index contributed by atoms with van der Waals surface area (Å²) >= 11 is 0. The summed E-state index contributed by atoms with van der Waals surface area (Å²) in [5.41, 5.74) is 4.84. The van der Waals surface area contributed by atoms with Crippen LogP contribution >= 0.6 is 0 Å². The van der Waals surface area contributed by atoms with Crippen molar-refractivity contribution >= 4 is 27.3 Å². The molecule has 136 valence electrons. The second-order valence-electron chi connectivity index (χ2n) is 9.19. The van der Waals surface area contributed by atoms with Gasteiger partial charge in [-0.2, -0.15) is 0 Å². The summed E-state index contributed by atoms with van der Waals surface area (Å²) in [4.78, 5) is 0. The summed E-state index contributed by atoms with van der Waals surface area (Å²) in [6.45, 7) is 13.9. The monoisotopic (exact) mass is 384 g/mol. The second kappa shape index (κ2) is 8.11. The standard InChI is InChI=1S/C23H29OSi2.Li/c1-25(2,3)22-19(17-13-9-7-10-14-17)20(18-15-11-8-12-16-18)23(21(22)24)26(4,5)6;/h7-16,21H,1-6H3;/q-1;+1. The quantitative estimate of drug-likeness (QED) is 0.743. The molecule has 1 aliphatic carbocycles. The molecule has 0 fully saturated rings. The molecule has 0 unspecified atom stereocenters. The zero-order valence-electron chi connectivity index (χ0n) is 17.8. The fourth-order valence-corrected chi connectivity index (χ4v) is 8.07. The Morgan fingerprint density at radius 3 is 1.15 bits per heavy atom. The molecule has 0 radical (unpaired) electrons. The third-order valence-corrected chi connectivity index (χ3v) is 9.31. The molecular weight excluding hydrogens is 355 g/mol. The third kappa shape index (κ3) is 4.34. The molecule has 1 nitrogen and oxygen atoms in total. The van der Waals surface area contributed by atoms with Gasteiger partial charge in [0, 0.05) is 0 Å². The molecule has 2 aromatic rings. The molecule has 0 aromatic heterocycles. The van der Waals surface area contributed by atoms with Gasteiger partial charge in [-0.3, -0.25) is 0 Å². The first-order valence-corrected chi connectivity index (χ1v) is 16.4. The van der Waals surface area contributed by atoms with Crippen LogP contribution in [0.25, 0.3) is 11.1 Å². The third-order valence-electron chi connectivity index (χ3n) is 5.05. The topological polar surface area (TPSA) is 23.1 Å². The molecule has 0 aliphatic heterocycles. The minimum atomic E-state index is -1.78. The van der Waals surface area contributed by atoms with Crippen LogP contribution in [0.2, 0.25) is 39.3 Å². The normalized spacial score (nSPS) is 16.0. The molecule has 0 spiro atoms. The Bertz CT molecular complexity index is 783. The van der Waals surface area contributed by atoms with Crippen molar-refractivity contribution in [3.8, 4) is 0 Å². The van der Waals surface area contributed by atoms with Crippen molar-refractivity contribution in [2.45, 2.75) is 45.4 Å². The molecular formula is C23H29LiOSi2. The van der Waals surface area contributed by atoms with Crippen molar-refractivity contribution in [2.75, 3.05) is 0 Å². The fourth-order valence-electron chi connectivity index (χ4n) is 4.02. The average molecular weight is 385 g/mol. The number of hydrogen-bond donors (Lipinski definition) is 0. The van der Waals surface area contributed by atoms with Gasteiger partial charge in [0.2, 0.25) is 0 Å². The summed E-state index contributed by atoms with van der Waals surface area (Å²) in [5, 5.41) is 16.2. The van der Waals surface area contributed by atoms with Gasteiger partial charge in [-0.1, -0.05) is 116 Å². The van der Waals surface area contributed by atoms with Crippen LogP contribution in [-0.4, -0.2) is 22.3 Å². The molecule has 4 heteroatoms. The van der Waals surface area contributed by atoms with Gasteiger partial charge in [-0.05, 0) is 22.3 Å². The molecule has 0 heterocycles. The molecule has 1 aliphatic rings. The number of hydrogen-bond acceptors (Lipinski definition) is 1. The zero-order valence-corrected chi connectivity index (χ0v) is 19.8. The van der Waals surface area contributed by atoms with Crippen molar-refractivity contribution in [1.29, 1.82) is 0 Å². The van der Waals surface area contributed by atoms with Gasteiger partial charge in [0.15, 0.2) is 0 Å². The maximum absolute atomic E-state index is 13.8. The largest absolute Gasteiger partial charge is 1.00 e. The Morgan fingerprint density at radius 2 is 0.889 bits per heavy atom. The van der Waals surface area contributed by atoms with E-state index in [-0.39, 0.29) is 18.9 Å². The molecule has 0 saturated heterocycles. The van der Waals surface area contributed by atoms with Crippen LogP contribution < -0.4 is 24.0 Å². The maximum Gasteiger partial charge on any atom is 1.00 e. The van der Waals surface area contributed by atoms with E-state index >= 15 is 0 Å². The van der Waals surface area contributed by atoms with E-state index in [2.05, 4.69) is 87.8 Å². The minimum absolute atomic E-state index is 0. The zero-order chi connectivity index (χ0) is 19.1. The van der Waals surface area contributed by atoms with Crippen LogP contribution in [0.3, 0.4) is 0 Å². The molecule has 27 heavy (non-hydrogen) atoms. The van der Waals surface area contributed by atoms with E-state index in [1.807, 2.05) is 12.1 Å².